The van der Waals surface area contributed by atoms with Gasteiger partial charge in [-0.3, -0.25) is 14.5 Å². The van der Waals surface area contributed by atoms with Crippen LogP contribution in [0.5, 0.6) is 11.5 Å². The Morgan fingerprint density at radius 1 is 1.05 bits per heavy atom. The predicted octanol–water partition coefficient (Wildman–Crippen LogP) is 5.20. The van der Waals surface area contributed by atoms with E-state index in [2.05, 4.69) is 9.64 Å². The van der Waals surface area contributed by atoms with E-state index in [0.717, 1.165) is 10.5 Å². The average Bonchev–Trinajstić information content (AvgIpc) is 2.92. The Labute approximate surface area is 227 Å². The largest absolute Gasteiger partial charge is 0.573 e. The van der Waals surface area contributed by atoms with Crippen LogP contribution in [0, 0.1) is 0 Å². The maximum absolute atomic E-state index is 12.5. The summed E-state index contributed by atoms with van der Waals surface area (Å²) in [5, 5.41) is 0. The van der Waals surface area contributed by atoms with Crippen LogP contribution >= 0.6 is 11.8 Å². The fourth-order valence-corrected chi connectivity index (χ4v) is 4.32. The summed E-state index contributed by atoms with van der Waals surface area (Å²) in [6.07, 6.45) is 1.53. The van der Waals surface area contributed by atoms with E-state index in [1.165, 1.54) is 42.7 Å². The van der Waals surface area contributed by atoms with Crippen molar-refractivity contribution in [1.29, 1.82) is 0 Å². The van der Waals surface area contributed by atoms with E-state index >= 15 is 0 Å². The fourth-order valence-electron chi connectivity index (χ4n) is 3.91. The number of piperazine rings is 1. The molecular weight excluding hydrogens is 533 g/mol. The number of hydrogen-bond donors (Lipinski definition) is 0. The third-order valence-corrected chi connectivity index (χ3v) is 6.74. The Kier molecular flexibility index (Phi) is 9.36. The molecule has 0 N–H and O–H groups in total. The van der Waals surface area contributed by atoms with Crippen molar-refractivity contribution < 1.29 is 31.9 Å². The van der Waals surface area contributed by atoms with Gasteiger partial charge in [0.2, 0.25) is 17.1 Å². The van der Waals surface area contributed by atoms with Crippen LogP contribution in [0.25, 0.3) is 6.08 Å². The quantitative estimate of drug-likeness (QED) is 0.263. The minimum absolute atomic E-state index is 0.150. The molecule has 1 fully saturated rings. The monoisotopic (exact) mass is 560 g/mol. The van der Waals surface area contributed by atoms with Crippen molar-refractivity contribution in [3.63, 3.8) is 0 Å². The number of alkyl halides is 3. The number of thioether (sulfide) groups is 1. The van der Waals surface area contributed by atoms with Crippen LogP contribution in [-0.2, 0) is 17.9 Å². The third-order valence-electron chi connectivity index (χ3n) is 6.00. The van der Waals surface area contributed by atoms with Gasteiger partial charge in [0.05, 0.1) is 6.54 Å². The lowest BCUT2D eigenvalue weighted by Crippen LogP contribution is -2.47. The molecule has 1 saturated heterocycles. The zero-order valence-corrected chi connectivity index (χ0v) is 22.0. The zero-order chi connectivity index (χ0) is 27.8. The van der Waals surface area contributed by atoms with Crippen molar-refractivity contribution in [2.45, 2.75) is 24.4 Å². The number of hydrogen-bond acceptors (Lipinski definition) is 7. The zero-order valence-electron chi connectivity index (χ0n) is 21.1. The number of carbonyl (C=O) groups excluding carboxylic acids is 1. The van der Waals surface area contributed by atoms with Gasteiger partial charge in [0.25, 0.3) is 0 Å². The maximum atomic E-state index is 12.5. The summed E-state index contributed by atoms with van der Waals surface area (Å²) in [6, 6.07) is 14.6. The van der Waals surface area contributed by atoms with Gasteiger partial charge in [-0.25, -0.2) is 0 Å². The molecule has 0 radical (unpaired) electrons. The highest BCUT2D eigenvalue weighted by molar-refractivity contribution is 7.98. The highest BCUT2D eigenvalue weighted by Gasteiger charge is 2.31. The molecule has 1 aliphatic heterocycles. The first-order chi connectivity index (χ1) is 18.7. The second kappa shape index (κ2) is 12.9. The summed E-state index contributed by atoms with van der Waals surface area (Å²) in [5.41, 5.74) is 1.27. The van der Waals surface area contributed by atoms with Gasteiger partial charge >= 0.3 is 6.36 Å². The molecule has 0 aliphatic carbocycles. The van der Waals surface area contributed by atoms with E-state index < -0.39 is 6.36 Å². The number of benzene rings is 2. The molecule has 4 rings (SSSR count). The van der Waals surface area contributed by atoms with E-state index in [1.54, 1.807) is 22.7 Å². The number of amides is 1. The minimum Gasteiger partial charge on any atom is -0.482 e. The molecule has 2 heterocycles. The molecule has 7 nitrogen and oxygen atoms in total. The van der Waals surface area contributed by atoms with Gasteiger partial charge in [-0.1, -0.05) is 24.3 Å². The highest BCUT2D eigenvalue weighted by atomic mass is 32.2. The predicted molar refractivity (Wildman–Crippen MR) is 142 cm³/mol. The molecule has 1 aromatic heterocycles. The number of rotatable bonds is 9. The molecule has 0 bridgehead atoms. The van der Waals surface area contributed by atoms with E-state index in [9.17, 15) is 22.8 Å². The Hall–Kier alpha value is -3.70. The van der Waals surface area contributed by atoms with Crippen molar-refractivity contribution in [2.24, 2.45) is 0 Å². The van der Waals surface area contributed by atoms with Gasteiger partial charge in [0.1, 0.15) is 24.4 Å². The van der Waals surface area contributed by atoms with Crippen molar-refractivity contribution in [2.75, 3.05) is 32.4 Å². The maximum Gasteiger partial charge on any atom is 0.573 e. The van der Waals surface area contributed by atoms with Crippen LogP contribution in [0.15, 0.2) is 81.0 Å². The molecular formula is C28H27F3N2O5S. The smallest absolute Gasteiger partial charge is 0.482 e. The van der Waals surface area contributed by atoms with Gasteiger partial charge in [-0.05, 0) is 47.7 Å². The Balaban J connectivity index is 1.22. The molecule has 0 spiro atoms. The second-order valence-corrected chi connectivity index (χ2v) is 9.64. The molecule has 39 heavy (non-hydrogen) atoms. The highest BCUT2D eigenvalue weighted by Crippen LogP contribution is 2.23. The van der Waals surface area contributed by atoms with Gasteiger partial charge in [-0.2, -0.15) is 0 Å². The second-order valence-electron chi connectivity index (χ2n) is 8.76. The van der Waals surface area contributed by atoms with E-state index in [-0.39, 0.29) is 29.4 Å². The molecule has 2 aromatic carbocycles. The van der Waals surface area contributed by atoms with Crippen molar-refractivity contribution in [1.82, 2.24) is 9.80 Å². The lowest BCUT2D eigenvalue weighted by Gasteiger charge is -2.33. The van der Waals surface area contributed by atoms with Crippen LogP contribution < -0.4 is 14.9 Å². The van der Waals surface area contributed by atoms with Gasteiger partial charge in [0, 0.05) is 43.2 Å². The number of carbonyl (C=O) groups is 1. The van der Waals surface area contributed by atoms with E-state index in [1.807, 2.05) is 30.5 Å². The summed E-state index contributed by atoms with van der Waals surface area (Å²) >= 11 is 1.65. The van der Waals surface area contributed by atoms with Gasteiger partial charge in [-0.15, -0.1) is 24.9 Å². The third kappa shape index (κ3) is 8.66. The Morgan fingerprint density at radius 2 is 1.74 bits per heavy atom. The van der Waals surface area contributed by atoms with Crippen LogP contribution in [-0.4, -0.2) is 54.5 Å². The van der Waals surface area contributed by atoms with E-state index in [4.69, 9.17) is 9.15 Å². The molecule has 0 atom stereocenters. The van der Waals surface area contributed by atoms with Crippen molar-refractivity contribution in [3.05, 3.63) is 94.0 Å². The van der Waals surface area contributed by atoms with Crippen molar-refractivity contribution >= 4 is 23.7 Å². The summed E-state index contributed by atoms with van der Waals surface area (Å²) in [5.74, 6) is 0.144. The van der Waals surface area contributed by atoms with Crippen molar-refractivity contribution in [3.8, 4) is 11.5 Å². The SMILES string of the molecule is CSc1ccc(COc2coc(CN3CCN(C(=O)/C=C/c4ccc(OC(F)(F)F)cc4)CC3)cc2=O)cc1. The molecule has 1 aliphatic rings. The minimum atomic E-state index is -4.75. The molecule has 0 saturated carbocycles. The average molecular weight is 561 g/mol. The molecule has 0 unspecified atom stereocenters. The normalized spacial score (nSPS) is 14.5. The topological polar surface area (TPSA) is 72.2 Å². The summed E-state index contributed by atoms with van der Waals surface area (Å²) < 4.78 is 51.9. The van der Waals surface area contributed by atoms with Crippen LogP contribution in [0.3, 0.4) is 0 Å². The Bertz CT molecular complexity index is 1330. The Morgan fingerprint density at radius 3 is 2.36 bits per heavy atom. The summed E-state index contributed by atoms with van der Waals surface area (Å²) in [6.45, 7) is 2.86. The van der Waals surface area contributed by atoms with Gasteiger partial charge in [0.15, 0.2) is 0 Å². The van der Waals surface area contributed by atoms with E-state index in [0.29, 0.717) is 44.0 Å². The first kappa shape index (κ1) is 28.3. The molecule has 1 amide bonds. The lowest BCUT2D eigenvalue weighted by molar-refractivity contribution is -0.274. The van der Waals surface area contributed by atoms with Crippen LogP contribution in [0.1, 0.15) is 16.9 Å². The standard InChI is InChI=1S/C28H27F3N2O5S/c1-39-24-9-4-21(5-10-24)18-37-26-19-36-23(16-25(26)34)17-32-12-14-33(15-13-32)27(35)11-6-20-2-7-22(8-3-20)38-28(29,30)31/h2-11,16,19H,12-15,17-18H2,1H3/b11-6+. The number of nitrogens with zero attached hydrogens (tertiary/aromatic N) is 2. The molecule has 11 heteroatoms. The number of halogens is 3. The first-order valence-corrected chi connectivity index (χ1v) is 13.3. The van der Waals surface area contributed by atoms with Crippen LogP contribution in [0.4, 0.5) is 13.2 Å². The number of ether oxygens (including phenoxy) is 2. The summed E-state index contributed by atoms with van der Waals surface area (Å²) in [4.78, 5) is 29.9. The molecule has 3 aromatic rings. The van der Waals surface area contributed by atoms with Crippen LogP contribution in [0.2, 0.25) is 0 Å². The lowest BCUT2D eigenvalue weighted by atomic mass is 10.2. The first-order valence-electron chi connectivity index (χ1n) is 12.1. The molecule has 206 valence electrons. The van der Waals surface area contributed by atoms with Gasteiger partial charge < -0.3 is 18.8 Å². The summed E-state index contributed by atoms with van der Waals surface area (Å²) in [7, 11) is 0. The fraction of sp³-hybridized carbons (Fsp3) is 0.286.